The van der Waals surface area contributed by atoms with E-state index in [1.807, 2.05) is 18.2 Å². The van der Waals surface area contributed by atoms with Crippen molar-refractivity contribution >= 4 is 22.6 Å². The first kappa shape index (κ1) is 19.8. The zero-order valence-corrected chi connectivity index (χ0v) is 17.4. The van der Waals surface area contributed by atoms with Crippen LogP contribution in [0.3, 0.4) is 0 Å². The van der Waals surface area contributed by atoms with E-state index in [9.17, 15) is 4.79 Å². The van der Waals surface area contributed by atoms with Crippen molar-refractivity contribution in [2.45, 2.75) is 18.9 Å². The van der Waals surface area contributed by atoms with Gasteiger partial charge < -0.3 is 34.6 Å². The van der Waals surface area contributed by atoms with Crippen molar-refractivity contribution in [3.63, 3.8) is 0 Å². The van der Waals surface area contributed by atoms with E-state index in [1.54, 1.807) is 19.2 Å². The molecule has 0 spiro atoms. The number of nitrogens with one attached hydrogen (secondary N) is 3. The summed E-state index contributed by atoms with van der Waals surface area (Å²) in [4.78, 5) is 16.0. The second-order valence-electron chi connectivity index (χ2n) is 7.11. The van der Waals surface area contributed by atoms with Gasteiger partial charge in [-0.1, -0.05) is 0 Å². The van der Waals surface area contributed by atoms with Crippen LogP contribution in [0.5, 0.6) is 23.0 Å². The minimum atomic E-state index is -0.290. The van der Waals surface area contributed by atoms with Crippen molar-refractivity contribution in [2.75, 3.05) is 33.8 Å². The minimum absolute atomic E-state index is 0.00360. The highest BCUT2D eigenvalue weighted by atomic mass is 16.5. The normalized spacial score (nSPS) is 14.9. The quantitative estimate of drug-likeness (QED) is 0.577. The van der Waals surface area contributed by atoms with Crippen molar-refractivity contribution in [2.24, 2.45) is 0 Å². The van der Waals surface area contributed by atoms with Crippen LogP contribution in [0.1, 0.15) is 11.3 Å². The van der Waals surface area contributed by atoms with Crippen LogP contribution in [0, 0.1) is 0 Å². The molecule has 158 valence electrons. The lowest BCUT2D eigenvalue weighted by molar-refractivity contribution is 0.248. The summed E-state index contributed by atoms with van der Waals surface area (Å²) in [5.74, 6) is 2.25. The summed E-state index contributed by atoms with van der Waals surface area (Å²) in [6.45, 7) is 0. The number of hydrogen-bond donors (Lipinski definition) is 3. The molecule has 0 saturated heterocycles. The van der Waals surface area contributed by atoms with Gasteiger partial charge in [0.1, 0.15) is 5.75 Å². The number of carbonyl (C=O) groups excluding carboxylic acids is 1. The molecular weight excluding hydrogens is 386 g/mol. The Balaban J connectivity index is 1.46. The first-order valence-corrected chi connectivity index (χ1v) is 9.61. The Kier molecular flexibility index (Phi) is 5.31. The molecule has 0 saturated carbocycles. The largest absolute Gasteiger partial charge is 0.497 e. The molecule has 0 fully saturated rings. The lowest BCUT2D eigenvalue weighted by atomic mass is 10.1. The van der Waals surface area contributed by atoms with Gasteiger partial charge in [-0.3, -0.25) is 0 Å². The number of amides is 2. The molecule has 1 unspecified atom stereocenters. The highest BCUT2D eigenvalue weighted by molar-refractivity contribution is 5.91. The maximum atomic E-state index is 12.6. The van der Waals surface area contributed by atoms with E-state index in [-0.39, 0.29) is 12.1 Å². The van der Waals surface area contributed by atoms with Gasteiger partial charge >= 0.3 is 6.03 Å². The molecule has 1 aliphatic carbocycles. The molecular formula is C22H25N3O5. The van der Waals surface area contributed by atoms with Crippen LogP contribution in [0.15, 0.2) is 30.3 Å². The summed E-state index contributed by atoms with van der Waals surface area (Å²) in [6.07, 6.45) is 1.50. The number of urea groups is 1. The van der Waals surface area contributed by atoms with Crippen molar-refractivity contribution in [1.29, 1.82) is 0 Å². The number of aromatic nitrogens is 1. The number of H-pyrrole nitrogens is 1. The van der Waals surface area contributed by atoms with E-state index in [0.29, 0.717) is 22.9 Å². The van der Waals surface area contributed by atoms with Gasteiger partial charge in [0.05, 0.1) is 34.1 Å². The predicted octanol–water partition coefficient (Wildman–Crippen LogP) is 3.49. The summed E-state index contributed by atoms with van der Waals surface area (Å²) < 4.78 is 21.3. The number of rotatable bonds is 6. The van der Waals surface area contributed by atoms with Crippen LogP contribution in [0.25, 0.3) is 10.9 Å². The Morgan fingerprint density at radius 1 is 0.967 bits per heavy atom. The molecule has 1 atom stereocenters. The Bertz CT molecular complexity index is 1070. The molecule has 0 bridgehead atoms. The third kappa shape index (κ3) is 3.56. The van der Waals surface area contributed by atoms with Crippen molar-refractivity contribution in [3.8, 4) is 23.0 Å². The molecule has 3 aromatic rings. The molecule has 30 heavy (non-hydrogen) atoms. The number of aromatic amines is 1. The van der Waals surface area contributed by atoms with Gasteiger partial charge in [-0.25, -0.2) is 4.79 Å². The van der Waals surface area contributed by atoms with Gasteiger partial charge in [0.15, 0.2) is 11.5 Å². The highest BCUT2D eigenvalue weighted by Gasteiger charge is 2.27. The Morgan fingerprint density at radius 3 is 2.33 bits per heavy atom. The molecule has 1 aliphatic rings. The zero-order valence-electron chi connectivity index (χ0n) is 17.4. The molecule has 8 heteroatoms. The van der Waals surface area contributed by atoms with Gasteiger partial charge in [-0.2, -0.15) is 0 Å². The smallest absolute Gasteiger partial charge is 0.319 e. The molecule has 2 amide bonds. The second kappa shape index (κ2) is 8.06. The average Bonchev–Trinajstić information content (AvgIpc) is 3.29. The highest BCUT2D eigenvalue weighted by Crippen LogP contribution is 2.40. The fraction of sp³-hybridized carbons (Fsp3) is 0.318. The third-order valence-electron chi connectivity index (χ3n) is 5.36. The predicted molar refractivity (Wildman–Crippen MR) is 114 cm³/mol. The number of carbonyl (C=O) groups is 1. The second-order valence-corrected chi connectivity index (χ2v) is 7.11. The SMILES string of the molecule is COc1ccc2[nH]c3c(c2c1)CC(NC(=O)Nc1cc(OC)c(OC)c(OC)c1)C3. The number of benzene rings is 2. The molecule has 8 nitrogen and oxygen atoms in total. The lowest BCUT2D eigenvalue weighted by Crippen LogP contribution is -2.38. The summed E-state index contributed by atoms with van der Waals surface area (Å²) in [5, 5.41) is 7.03. The van der Waals surface area contributed by atoms with Gasteiger partial charge in [0.25, 0.3) is 0 Å². The fourth-order valence-electron chi connectivity index (χ4n) is 3.99. The number of fused-ring (bicyclic) bond motifs is 3. The minimum Gasteiger partial charge on any atom is -0.497 e. The first-order valence-electron chi connectivity index (χ1n) is 9.61. The van der Waals surface area contributed by atoms with Crippen molar-refractivity contribution in [3.05, 3.63) is 41.6 Å². The molecule has 0 radical (unpaired) electrons. The van der Waals surface area contributed by atoms with E-state index in [1.165, 1.54) is 26.9 Å². The maximum absolute atomic E-state index is 12.6. The lowest BCUT2D eigenvalue weighted by Gasteiger charge is -2.16. The number of ether oxygens (including phenoxy) is 4. The van der Waals surface area contributed by atoms with E-state index in [4.69, 9.17) is 18.9 Å². The van der Waals surface area contributed by atoms with E-state index >= 15 is 0 Å². The van der Waals surface area contributed by atoms with Crippen LogP contribution < -0.4 is 29.6 Å². The molecule has 2 aromatic carbocycles. The molecule has 1 aromatic heterocycles. The maximum Gasteiger partial charge on any atom is 0.319 e. The molecule has 1 heterocycles. The van der Waals surface area contributed by atoms with Crippen LogP contribution in [0.2, 0.25) is 0 Å². The fourth-order valence-corrected chi connectivity index (χ4v) is 3.99. The van der Waals surface area contributed by atoms with Crippen molar-refractivity contribution in [1.82, 2.24) is 10.3 Å². The third-order valence-corrected chi connectivity index (χ3v) is 5.36. The standard InChI is InChI=1S/C22H25N3O5/c1-27-14-5-6-17-16(11-14)15-7-12(8-18(15)25-17)23-22(26)24-13-9-19(28-2)21(30-4)20(10-13)29-3/h5-6,9-12,25H,7-8H2,1-4H3,(H2,23,24,26). The Morgan fingerprint density at radius 2 is 1.70 bits per heavy atom. The first-order chi connectivity index (χ1) is 14.6. The van der Waals surface area contributed by atoms with Crippen LogP contribution >= 0.6 is 0 Å². The van der Waals surface area contributed by atoms with Crippen LogP contribution in [-0.4, -0.2) is 45.5 Å². The van der Waals surface area contributed by atoms with E-state index in [0.717, 1.165) is 35.2 Å². The number of hydrogen-bond acceptors (Lipinski definition) is 5. The zero-order chi connectivity index (χ0) is 21.3. The summed E-state index contributed by atoms with van der Waals surface area (Å²) in [6, 6.07) is 9.09. The Hall–Kier alpha value is -3.55. The molecule has 4 rings (SSSR count). The van der Waals surface area contributed by atoms with Gasteiger partial charge in [0.2, 0.25) is 5.75 Å². The summed E-state index contributed by atoms with van der Waals surface area (Å²) in [5.41, 5.74) is 4.01. The summed E-state index contributed by atoms with van der Waals surface area (Å²) in [7, 11) is 6.26. The summed E-state index contributed by atoms with van der Waals surface area (Å²) >= 11 is 0. The topological polar surface area (TPSA) is 93.8 Å². The van der Waals surface area contributed by atoms with E-state index in [2.05, 4.69) is 15.6 Å². The molecule has 3 N–H and O–H groups in total. The van der Waals surface area contributed by atoms with Crippen molar-refractivity contribution < 1.29 is 23.7 Å². The number of anilines is 1. The van der Waals surface area contributed by atoms with Gasteiger partial charge in [0, 0.05) is 41.2 Å². The monoisotopic (exact) mass is 411 g/mol. The Labute approximate surface area is 174 Å². The number of methoxy groups -OCH3 is 4. The van der Waals surface area contributed by atoms with Crippen LogP contribution in [0.4, 0.5) is 10.5 Å². The molecule has 0 aliphatic heterocycles. The van der Waals surface area contributed by atoms with Crippen LogP contribution in [-0.2, 0) is 12.8 Å². The average molecular weight is 411 g/mol. The van der Waals surface area contributed by atoms with E-state index < -0.39 is 0 Å². The van der Waals surface area contributed by atoms with Gasteiger partial charge in [-0.05, 0) is 30.2 Å². The van der Waals surface area contributed by atoms with Gasteiger partial charge in [-0.15, -0.1) is 0 Å².